The van der Waals surface area contributed by atoms with Crippen molar-refractivity contribution in [3.05, 3.63) is 46.2 Å². The Morgan fingerprint density at radius 2 is 1.67 bits per heavy atom. The van der Waals surface area contributed by atoms with Crippen LogP contribution in [0.3, 0.4) is 0 Å². The quantitative estimate of drug-likeness (QED) is 0.673. The molecular weight excluding hydrogens is 200 g/mol. The number of thiophene rings is 1. The van der Waals surface area contributed by atoms with E-state index in [-0.39, 0.29) is 0 Å². The summed E-state index contributed by atoms with van der Waals surface area (Å²) in [5.41, 5.74) is 4.06. The van der Waals surface area contributed by atoms with Gasteiger partial charge in [0, 0.05) is 4.88 Å². The molecular formula is C14H16S. The van der Waals surface area contributed by atoms with Crippen molar-refractivity contribution in [2.45, 2.75) is 26.7 Å². The Morgan fingerprint density at radius 3 is 2.27 bits per heavy atom. The molecule has 0 spiro atoms. The molecule has 1 aromatic carbocycles. The zero-order chi connectivity index (χ0) is 10.8. The molecule has 15 heavy (non-hydrogen) atoms. The van der Waals surface area contributed by atoms with Crippen LogP contribution in [0, 0.1) is 6.92 Å². The lowest BCUT2D eigenvalue weighted by atomic mass is 10.0. The second kappa shape index (κ2) is 4.19. The van der Waals surface area contributed by atoms with E-state index in [0.29, 0.717) is 5.92 Å². The van der Waals surface area contributed by atoms with Gasteiger partial charge in [-0.1, -0.05) is 43.7 Å². The summed E-state index contributed by atoms with van der Waals surface area (Å²) >= 11 is 1.86. The van der Waals surface area contributed by atoms with Gasteiger partial charge in [-0.3, -0.25) is 0 Å². The topological polar surface area (TPSA) is 0 Å². The molecule has 0 radical (unpaired) electrons. The zero-order valence-corrected chi connectivity index (χ0v) is 10.3. The largest absolute Gasteiger partial charge is 0.148 e. The van der Waals surface area contributed by atoms with Crippen LogP contribution in [0.15, 0.2) is 35.7 Å². The highest BCUT2D eigenvalue weighted by Gasteiger charge is 2.09. The molecule has 0 nitrogen and oxygen atoms in total. The minimum Gasteiger partial charge on any atom is -0.148 e. The monoisotopic (exact) mass is 216 g/mol. The van der Waals surface area contributed by atoms with Crippen LogP contribution >= 0.6 is 11.3 Å². The molecule has 78 valence electrons. The molecule has 0 bridgehead atoms. The molecule has 0 saturated carbocycles. The maximum atomic E-state index is 2.25. The van der Waals surface area contributed by atoms with E-state index in [0.717, 1.165) is 0 Å². The van der Waals surface area contributed by atoms with Crippen molar-refractivity contribution in [3.8, 4) is 11.1 Å². The SMILES string of the molecule is Cc1ccc(-c2ccsc2C(C)C)cc1. The smallest absolute Gasteiger partial charge is 0.0149 e. The first-order chi connectivity index (χ1) is 7.18. The molecule has 1 heteroatoms. The standard InChI is InChI=1S/C14H16S/c1-10(2)14-13(8-9-15-14)12-6-4-11(3)5-7-12/h4-10H,1-3H3. The molecule has 1 heterocycles. The van der Waals surface area contributed by atoms with Crippen LogP contribution in [-0.2, 0) is 0 Å². The zero-order valence-electron chi connectivity index (χ0n) is 9.45. The van der Waals surface area contributed by atoms with Crippen LogP contribution < -0.4 is 0 Å². The fourth-order valence-corrected chi connectivity index (χ4v) is 2.68. The van der Waals surface area contributed by atoms with Crippen LogP contribution in [0.25, 0.3) is 11.1 Å². The van der Waals surface area contributed by atoms with E-state index in [2.05, 4.69) is 56.5 Å². The summed E-state index contributed by atoms with van der Waals surface area (Å²) < 4.78 is 0. The number of hydrogen-bond donors (Lipinski definition) is 0. The van der Waals surface area contributed by atoms with Gasteiger partial charge in [-0.2, -0.15) is 0 Å². The van der Waals surface area contributed by atoms with E-state index in [1.165, 1.54) is 21.6 Å². The van der Waals surface area contributed by atoms with Crippen LogP contribution in [0.2, 0.25) is 0 Å². The van der Waals surface area contributed by atoms with Gasteiger partial charge >= 0.3 is 0 Å². The molecule has 0 aliphatic rings. The van der Waals surface area contributed by atoms with Gasteiger partial charge in [0.2, 0.25) is 0 Å². The molecule has 0 unspecified atom stereocenters. The van der Waals surface area contributed by atoms with Crippen molar-refractivity contribution < 1.29 is 0 Å². The Morgan fingerprint density at radius 1 is 1.00 bits per heavy atom. The Balaban J connectivity index is 2.45. The molecule has 0 atom stereocenters. The number of rotatable bonds is 2. The maximum Gasteiger partial charge on any atom is 0.0149 e. The van der Waals surface area contributed by atoms with Gasteiger partial charge in [0.25, 0.3) is 0 Å². The highest BCUT2D eigenvalue weighted by Crippen LogP contribution is 2.33. The third-order valence-electron chi connectivity index (χ3n) is 2.58. The van der Waals surface area contributed by atoms with Crippen molar-refractivity contribution >= 4 is 11.3 Å². The molecule has 0 fully saturated rings. The summed E-state index contributed by atoms with van der Waals surface area (Å²) in [6, 6.07) is 11.0. The Hall–Kier alpha value is -1.08. The van der Waals surface area contributed by atoms with Crippen LogP contribution in [0.1, 0.15) is 30.2 Å². The Kier molecular flexibility index (Phi) is 2.92. The van der Waals surface area contributed by atoms with Crippen molar-refractivity contribution in [2.24, 2.45) is 0 Å². The molecule has 0 aliphatic heterocycles. The first kappa shape index (κ1) is 10.4. The van der Waals surface area contributed by atoms with Gasteiger partial charge in [-0.05, 0) is 35.4 Å². The van der Waals surface area contributed by atoms with Crippen molar-refractivity contribution in [1.82, 2.24) is 0 Å². The minimum absolute atomic E-state index is 0.612. The van der Waals surface area contributed by atoms with E-state index < -0.39 is 0 Å². The lowest BCUT2D eigenvalue weighted by Gasteiger charge is -2.07. The second-order valence-corrected chi connectivity index (χ2v) is 5.17. The second-order valence-electron chi connectivity index (χ2n) is 4.22. The van der Waals surface area contributed by atoms with E-state index in [4.69, 9.17) is 0 Å². The van der Waals surface area contributed by atoms with E-state index >= 15 is 0 Å². The third kappa shape index (κ3) is 2.13. The fraction of sp³-hybridized carbons (Fsp3) is 0.286. The van der Waals surface area contributed by atoms with Crippen LogP contribution in [0.5, 0.6) is 0 Å². The average Bonchev–Trinajstić information content (AvgIpc) is 2.67. The molecule has 0 aliphatic carbocycles. The Labute approximate surface area is 95.6 Å². The minimum atomic E-state index is 0.612. The van der Waals surface area contributed by atoms with Crippen LogP contribution in [-0.4, -0.2) is 0 Å². The summed E-state index contributed by atoms with van der Waals surface area (Å²) in [5, 5.41) is 2.19. The lowest BCUT2D eigenvalue weighted by molar-refractivity contribution is 0.891. The average molecular weight is 216 g/mol. The third-order valence-corrected chi connectivity index (χ3v) is 3.80. The summed E-state index contributed by atoms with van der Waals surface area (Å²) in [6.45, 7) is 6.63. The highest BCUT2D eigenvalue weighted by atomic mass is 32.1. The van der Waals surface area contributed by atoms with E-state index in [1.54, 1.807) is 0 Å². The van der Waals surface area contributed by atoms with Gasteiger partial charge < -0.3 is 0 Å². The van der Waals surface area contributed by atoms with Crippen molar-refractivity contribution in [3.63, 3.8) is 0 Å². The molecule has 0 saturated heterocycles. The molecule has 1 aromatic heterocycles. The summed E-state index contributed by atoms with van der Waals surface area (Å²) in [6.07, 6.45) is 0. The van der Waals surface area contributed by atoms with Gasteiger partial charge in [-0.25, -0.2) is 0 Å². The first-order valence-corrected chi connectivity index (χ1v) is 6.21. The summed E-state index contributed by atoms with van der Waals surface area (Å²) in [7, 11) is 0. The van der Waals surface area contributed by atoms with Crippen molar-refractivity contribution in [2.75, 3.05) is 0 Å². The van der Waals surface area contributed by atoms with Crippen molar-refractivity contribution in [1.29, 1.82) is 0 Å². The predicted molar refractivity (Wildman–Crippen MR) is 68.6 cm³/mol. The predicted octanol–water partition coefficient (Wildman–Crippen LogP) is 4.85. The van der Waals surface area contributed by atoms with Gasteiger partial charge in [0.05, 0.1) is 0 Å². The van der Waals surface area contributed by atoms with E-state index in [9.17, 15) is 0 Å². The number of hydrogen-bond acceptors (Lipinski definition) is 1. The Bertz CT molecular complexity index is 435. The van der Waals surface area contributed by atoms with Gasteiger partial charge in [0.1, 0.15) is 0 Å². The lowest BCUT2D eigenvalue weighted by Crippen LogP contribution is -1.86. The van der Waals surface area contributed by atoms with Gasteiger partial charge in [-0.15, -0.1) is 11.3 Å². The molecule has 0 N–H and O–H groups in total. The fourth-order valence-electron chi connectivity index (χ4n) is 1.74. The van der Waals surface area contributed by atoms with E-state index in [1.807, 2.05) is 11.3 Å². The summed E-state index contributed by atoms with van der Waals surface area (Å²) in [4.78, 5) is 1.49. The normalized spacial score (nSPS) is 10.9. The molecule has 0 amide bonds. The number of benzene rings is 1. The van der Waals surface area contributed by atoms with Crippen LogP contribution in [0.4, 0.5) is 0 Å². The number of aryl methyl sites for hydroxylation is 1. The maximum absolute atomic E-state index is 2.25. The highest BCUT2D eigenvalue weighted by molar-refractivity contribution is 7.10. The molecule has 2 rings (SSSR count). The summed E-state index contributed by atoms with van der Waals surface area (Å²) in [5.74, 6) is 0.612. The molecule has 2 aromatic rings. The van der Waals surface area contributed by atoms with Gasteiger partial charge in [0.15, 0.2) is 0 Å². The first-order valence-electron chi connectivity index (χ1n) is 5.33.